The number of hydrogen-bond donors (Lipinski definition) is 1. The summed E-state index contributed by atoms with van der Waals surface area (Å²) >= 11 is 0. The molecule has 1 atom stereocenters. The largest absolute Gasteiger partial charge is 0.398 e. The van der Waals surface area contributed by atoms with Gasteiger partial charge in [-0.25, -0.2) is 0 Å². The molecule has 0 aliphatic rings. The molecule has 1 rings (SSSR count). The number of ketones is 1. The SMILES string of the molecule is CCC(C)CC(=O)c1cc(C)ccc1N. The summed E-state index contributed by atoms with van der Waals surface area (Å²) in [7, 11) is 0. The van der Waals surface area contributed by atoms with Crippen LogP contribution in [-0.2, 0) is 0 Å². The fourth-order valence-electron chi connectivity index (χ4n) is 1.48. The number of nitrogen functional groups attached to an aromatic ring is 1. The second-order valence-corrected chi connectivity index (χ2v) is 4.23. The maximum Gasteiger partial charge on any atom is 0.165 e. The zero-order valence-corrected chi connectivity index (χ0v) is 9.71. The Bertz CT molecular complexity index is 358. The van der Waals surface area contributed by atoms with Gasteiger partial charge in [0.15, 0.2) is 5.78 Å². The molecule has 0 spiro atoms. The van der Waals surface area contributed by atoms with Crippen molar-refractivity contribution in [2.45, 2.75) is 33.6 Å². The number of rotatable bonds is 4. The van der Waals surface area contributed by atoms with Gasteiger partial charge < -0.3 is 5.73 Å². The van der Waals surface area contributed by atoms with E-state index in [0.29, 0.717) is 23.6 Å². The van der Waals surface area contributed by atoms with Gasteiger partial charge in [0.25, 0.3) is 0 Å². The maximum atomic E-state index is 11.9. The topological polar surface area (TPSA) is 43.1 Å². The fourth-order valence-corrected chi connectivity index (χ4v) is 1.48. The van der Waals surface area contributed by atoms with Crippen LogP contribution in [0.1, 0.15) is 42.6 Å². The lowest BCUT2D eigenvalue weighted by Gasteiger charge is -2.09. The Kier molecular flexibility index (Phi) is 3.89. The van der Waals surface area contributed by atoms with Gasteiger partial charge in [0.05, 0.1) is 0 Å². The van der Waals surface area contributed by atoms with Gasteiger partial charge in [0, 0.05) is 17.7 Å². The molecule has 82 valence electrons. The number of hydrogen-bond acceptors (Lipinski definition) is 2. The van der Waals surface area contributed by atoms with Crippen LogP contribution in [0.5, 0.6) is 0 Å². The number of aryl methyl sites for hydroxylation is 1. The van der Waals surface area contributed by atoms with Crippen molar-refractivity contribution in [1.82, 2.24) is 0 Å². The van der Waals surface area contributed by atoms with Crippen LogP contribution in [-0.4, -0.2) is 5.78 Å². The molecule has 0 fully saturated rings. The summed E-state index contributed by atoms with van der Waals surface area (Å²) in [5, 5.41) is 0. The summed E-state index contributed by atoms with van der Waals surface area (Å²) in [6.07, 6.45) is 1.61. The standard InChI is InChI=1S/C13H19NO/c1-4-9(2)8-13(15)11-7-10(3)5-6-12(11)14/h5-7,9H,4,8,14H2,1-3H3. The molecule has 0 heterocycles. The van der Waals surface area contributed by atoms with Crippen LogP contribution in [0.3, 0.4) is 0 Å². The molecule has 1 aromatic rings. The molecule has 1 aromatic carbocycles. The zero-order valence-electron chi connectivity index (χ0n) is 9.71. The van der Waals surface area contributed by atoms with Crippen molar-refractivity contribution >= 4 is 11.5 Å². The highest BCUT2D eigenvalue weighted by atomic mass is 16.1. The third kappa shape index (κ3) is 3.08. The van der Waals surface area contributed by atoms with E-state index in [1.54, 1.807) is 6.07 Å². The van der Waals surface area contributed by atoms with Crippen molar-refractivity contribution in [2.24, 2.45) is 5.92 Å². The van der Waals surface area contributed by atoms with Crippen molar-refractivity contribution in [3.8, 4) is 0 Å². The van der Waals surface area contributed by atoms with Crippen molar-refractivity contribution in [1.29, 1.82) is 0 Å². The molecular formula is C13H19NO. The summed E-state index contributed by atoms with van der Waals surface area (Å²) in [4.78, 5) is 11.9. The number of Topliss-reactive ketones (excluding diaryl/α,β-unsaturated/α-hetero) is 1. The lowest BCUT2D eigenvalue weighted by Crippen LogP contribution is -2.08. The monoisotopic (exact) mass is 205 g/mol. The highest BCUT2D eigenvalue weighted by Gasteiger charge is 2.12. The minimum absolute atomic E-state index is 0.158. The van der Waals surface area contributed by atoms with Gasteiger partial charge in [-0.3, -0.25) is 4.79 Å². The van der Waals surface area contributed by atoms with Crippen LogP contribution in [0.25, 0.3) is 0 Å². The molecular weight excluding hydrogens is 186 g/mol. The number of nitrogens with two attached hydrogens (primary N) is 1. The Morgan fingerprint density at radius 3 is 2.73 bits per heavy atom. The molecule has 0 bridgehead atoms. The minimum Gasteiger partial charge on any atom is -0.398 e. The Morgan fingerprint density at radius 1 is 1.47 bits per heavy atom. The summed E-state index contributed by atoms with van der Waals surface area (Å²) in [5.41, 5.74) is 8.13. The molecule has 0 amide bonds. The Morgan fingerprint density at radius 2 is 2.13 bits per heavy atom. The maximum absolute atomic E-state index is 11.9. The van der Waals surface area contributed by atoms with Crippen LogP contribution >= 0.6 is 0 Å². The van der Waals surface area contributed by atoms with E-state index in [4.69, 9.17) is 5.73 Å². The van der Waals surface area contributed by atoms with Crippen LogP contribution in [0.2, 0.25) is 0 Å². The van der Waals surface area contributed by atoms with Crippen LogP contribution in [0.4, 0.5) is 5.69 Å². The summed E-state index contributed by atoms with van der Waals surface area (Å²) in [5.74, 6) is 0.586. The van der Waals surface area contributed by atoms with Crippen molar-refractivity contribution in [3.05, 3.63) is 29.3 Å². The first-order chi connectivity index (χ1) is 7.04. The summed E-state index contributed by atoms with van der Waals surface area (Å²) in [6, 6.07) is 5.61. The summed E-state index contributed by atoms with van der Waals surface area (Å²) in [6.45, 7) is 6.15. The normalized spacial score (nSPS) is 12.5. The van der Waals surface area contributed by atoms with Gasteiger partial charge in [-0.05, 0) is 25.0 Å². The van der Waals surface area contributed by atoms with Gasteiger partial charge >= 0.3 is 0 Å². The molecule has 0 aliphatic heterocycles. The highest BCUT2D eigenvalue weighted by molar-refractivity contribution is 6.01. The third-order valence-corrected chi connectivity index (χ3v) is 2.74. The van der Waals surface area contributed by atoms with Crippen molar-refractivity contribution in [2.75, 3.05) is 5.73 Å². The van der Waals surface area contributed by atoms with E-state index in [9.17, 15) is 4.79 Å². The van der Waals surface area contributed by atoms with Crippen molar-refractivity contribution < 1.29 is 4.79 Å². The van der Waals surface area contributed by atoms with E-state index in [1.165, 1.54) is 0 Å². The molecule has 0 radical (unpaired) electrons. The predicted octanol–water partition coefficient (Wildman–Crippen LogP) is 3.20. The second-order valence-electron chi connectivity index (χ2n) is 4.23. The van der Waals surface area contributed by atoms with Gasteiger partial charge in [-0.1, -0.05) is 31.9 Å². The quantitative estimate of drug-likeness (QED) is 0.606. The molecule has 0 aliphatic carbocycles. The van der Waals surface area contributed by atoms with Crippen molar-refractivity contribution in [3.63, 3.8) is 0 Å². The Balaban J connectivity index is 2.86. The number of carbonyl (C=O) groups is 1. The van der Waals surface area contributed by atoms with E-state index in [2.05, 4.69) is 13.8 Å². The molecule has 2 N–H and O–H groups in total. The van der Waals surface area contributed by atoms with Crippen LogP contribution in [0, 0.1) is 12.8 Å². The van der Waals surface area contributed by atoms with Crippen LogP contribution in [0.15, 0.2) is 18.2 Å². The minimum atomic E-state index is 0.158. The van der Waals surface area contributed by atoms with Gasteiger partial charge in [0.2, 0.25) is 0 Å². The first-order valence-electron chi connectivity index (χ1n) is 5.44. The zero-order chi connectivity index (χ0) is 11.4. The molecule has 2 nitrogen and oxygen atoms in total. The van der Waals surface area contributed by atoms with E-state index < -0.39 is 0 Å². The highest BCUT2D eigenvalue weighted by Crippen LogP contribution is 2.19. The van der Waals surface area contributed by atoms with E-state index >= 15 is 0 Å². The van der Waals surface area contributed by atoms with Gasteiger partial charge in [-0.15, -0.1) is 0 Å². The molecule has 0 aromatic heterocycles. The number of benzene rings is 1. The third-order valence-electron chi connectivity index (χ3n) is 2.74. The average Bonchev–Trinajstić information content (AvgIpc) is 2.21. The lowest BCUT2D eigenvalue weighted by molar-refractivity contribution is 0.0964. The average molecular weight is 205 g/mol. The molecule has 1 unspecified atom stereocenters. The van der Waals surface area contributed by atoms with Gasteiger partial charge in [-0.2, -0.15) is 0 Å². The fraction of sp³-hybridized carbons (Fsp3) is 0.462. The van der Waals surface area contributed by atoms with E-state index in [-0.39, 0.29) is 5.78 Å². The first kappa shape index (κ1) is 11.8. The van der Waals surface area contributed by atoms with E-state index in [0.717, 1.165) is 12.0 Å². The lowest BCUT2D eigenvalue weighted by atomic mass is 9.96. The Hall–Kier alpha value is -1.31. The molecule has 0 saturated carbocycles. The number of anilines is 1. The molecule has 15 heavy (non-hydrogen) atoms. The smallest absolute Gasteiger partial charge is 0.165 e. The van der Waals surface area contributed by atoms with E-state index in [1.807, 2.05) is 19.1 Å². The Labute approximate surface area is 91.5 Å². The first-order valence-corrected chi connectivity index (χ1v) is 5.44. The predicted molar refractivity (Wildman–Crippen MR) is 64.0 cm³/mol. The summed E-state index contributed by atoms with van der Waals surface area (Å²) < 4.78 is 0. The second kappa shape index (κ2) is 4.96. The van der Waals surface area contributed by atoms with Gasteiger partial charge in [0.1, 0.15) is 0 Å². The molecule has 2 heteroatoms. The number of carbonyl (C=O) groups excluding carboxylic acids is 1. The molecule has 0 saturated heterocycles. The van der Waals surface area contributed by atoms with Crippen LogP contribution < -0.4 is 5.73 Å².